The summed E-state index contributed by atoms with van der Waals surface area (Å²) in [5.74, 6) is 0.577. The molecular weight excluding hydrogens is 314 g/mol. The van der Waals surface area contributed by atoms with E-state index in [0.717, 1.165) is 31.7 Å². The third-order valence-electron chi connectivity index (χ3n) is 3.99. The molecule has 0 bridgehead atoms. The molecule has 0 spiro atoms. The van der Waals surface area contributed by atoms with Crippen LogP contribution in [0.2, 0.25) is 5.02 Å². The second kappa shape index (κ2) is 6.52. The molecule has 0 amide bonds. The summed E-state index contributed by atoms with van der Waals surface area (Å²) in [4.78, 5) is 23.2. The molecule has 2 aromatic heterocycles. The van der Waals surface area contributed by atoms with Gasteiger partial charge < -0.3 is 16.4 Å². The lowest BCUT2D eigenvalue weighted by Gasteiger charge is -2.31. The lowest BCUT2D eigenvalue weighted by atomic mass is 10.1. The van der Waals surface area contributed by atoms with E-state index in [0.29, 0.717) is 10.6 Å². The summed E-state index contributed by atoms with van der Waals surface area (Å²) in [6, 6.07) is 7.03. The van der Waals surface area contributed by atoms with Gasteiger partial charge in [-0.1, -0.05) is 11.6 Å². The Morgan fingerprint density at radius 1 is 1.26 bits per heavy atom. The molecule has 3 heterocycles. The second-order valence-corrected chi connectivity index (χ2v) is 6.00. The molecule has 2 aromatic rings. The largest absolute Gasteiger partial charge is 0.383 e. The molecule has 4 N–H and O–H groups in total. The van der Waals surface area contributed by atoms with Crippen LogP contribution in [-0.2, 0) is 0 Å². The molecule has 1 fully saturated rings. The van der Waals surface area contributed by atoms with Crippen molar-refractivity contribution in [2.45, 2.75) is 18.9 Å². The predicted octanol–water partition coefficient (Wildman–Crippen LogP) is 1.87. The number of hydrogen-bond acceptors (Lipinski definition) is 6. The van der Waals surface area contributed by atoms with Crippen molar-refractivity contribution in [2.75, 3.05) is 23.7 Å². The van der Waals surface area contributed by atoms with E-state index in [1.54, 1.807) is 18.2 Å². The maximum Gasteiger partial charge on any atom is 0.216 e. The summed E-state index contributed by atoms with van der Waals surface area (Å²) in [5.41, 5.74) is 12.2. The standard InChI is InChI=1S/C16H18ClN5O/c17-12-3-4-13(22-8-5-10(18)6-9-22)21-14(12)15(23)11-2-1-7-20-16(11)19/h1-4,7,10H,5-6,8-9,18H2,(H2,19,20). The molecule has 0 aliphatic carbocycles. The van der Waals surface area contributed by atoms with Crippen LogP contribution in [0.1, 0.15) is 28.9 Å². The van der Waals surface area contributed by atoms with Crippen LogP contribution in [0.3, 0.4) is 0 Å². The van der Waals surface area contributed by atoms with Gasteiger partial charge in [0.15, 0.2) is 0 Å². The molecule has 7 heteroatoms. The second-order valence-electron chi connectivity index (χ2n) is 5.59. The van der Waals surface area contributed by atoms with Crippen molar-refractivity contribution in [2.24, 2.45) is 5.73 Å². The number of rotatable bonds is 3. The first-order valence-corrected chi connectivity index (χ1v) is 7.86. The molecule has 0 atom stereocenters. The highest BCUT2D eigenvalue weighted by Gasteiger charge is 2.22. The molecule has 120 valence electrons. The first kappa shape index (κ1) is 15.7. The molecule has 23 heavy (non-hydrogen) atoms. The first-order valence-electron chi connectivity index (χ1n) is 7.48. The lowest BCUT2D eigenvalue weighted by Crippen LogP contribution is -2.40. The van der Waals surface area contributed by atoms with Gasteiger partial charge in [-0.15, -0.1) is 0 Å². The predicted molar refractivity (Wildman–Crippen MR) is 90.8 cm³/mol. The van der Waals surface area contributed by atoms with Crippen molar-refractivity contribution in [3.05, 3.63) is 46.7 Å². The van der Waals surface area contributed by atoms with Gasteiger partial charge in [-0.25, -0.2) is 9.97 Å². The lowest BCUT2D eigenvalue weighted by molar-refractivity contribution is 0.103. The van der Waals surface area contributed by atoms with E-state index >= 15 is 0 Å². The number of carbonyl (C=O) groups is 1. The maximum atomic E-state index is 12.7. The van der Waals surface area contributed by atoms with Crippen molar-refractivity contribution in [3.63, 3.8) is 0 Å². The molecule has 3 rings (SSSR count). The van der Waals surface area contributed by atoms with E-state index in [4.69, 9.17) is 23.1 Å². The summed E-state index contributed by atoms with van der Waals surface area (Å²) >= 11 is 6.17. The van der Waals surface area contributed by atoms with Gasteiger partial charge in [-0.3, -0.25) is 4.79 Å². The number of piperidine rings is 1. The Balaban J connectivity index is 1.92. The first-order chi connectivity index (χ1) is 11.1. The van der Waals surface area contributed by atoms with Gasteiger partial charge in [0.1, 0.15) is 17.3 Å². The van der Waals surface area contributed by atoms with E-state index in [1.165, 1.54) is 6.20 Å². The molecule has 6 nitrogen and oxygen atoms in total. The Morgan fingerprint density at radius 2 is 2.00 bits per heavy atom. The van der Waals surface area contributed by atoms with Crippen LogP contribution < -0.4 is 16.4 Å². The van der Waals surface area contributed by atoms with Crippen LogP contribution in [0.15, 0.2) is 30.5 Å². The SMILES string of the molecule is Nc1ncccc1C(=O)c1nc(N2CCC(N)CC2)ccc1Cl. The van der Waals surface area contributed by atoms with Crippen LogP contribution >= 0.6 is 11.6 Å². The fraction of sp³-hybridized carbons (Fsp3) is 0.312. The molecular formula is C16H18ClN5O. The highest BCUT2D eigenvalue weighted by atomic mass is 35.5. The van der Waals surface area contributed by atoms with Gasteiger partial charge in [0, 0.05) is 25.3 Å². The molecule has 1 saturated heterocycles. The summed E-state index contributed by atoms with van der Waals surface area (Å²) in [6.07, 6.45) is 3.35. The number of hydrogen-bond donors (Lipinski definition) is 2. The third-order valence-corrected chi connectivity index (χ3v) is 4.30. The average molecular weight is 332 g/mol. The topological polar surface area (TPSA) is 98.1 Å². The van der Waals surface area contributed by atoms with Crippen LogP contribution in [0, 0.1) is 0 Å². The fourth-order valence-electron chi connectivity index (χ4n) is 2.63. The number of ketones is 1. The van der Waals surface area contributed by atoms with Crippen molar-refractivity contribution in [1.82, 2.24) is 9.97 Å². The summed E-state index contributed by atoms with van der Waals surface area (Å²) < 4.78 is 0. The summed E-state index contributed by atoms with van der Waals surface area (Å²) in [5, 5.41) is 0.302. The van der Waals surface area contributed by atoms with Crippen LogP contribution in [0.5, 0.6) is 0 Å². The molecule has 1 aliphatic rings. The van der Waals surface area contributed by atoms with Gasteiger partial charge >= 0.3 is 0 Å². The number of nitrogens with two attached hydrogens (primary N) is 2. The number of halogens is 1. The zero-order valence-electron chi connectivity index (χ0n) is 12.6. The number of aromatic nitrogens is 2. The molecule has 0 radical (unpaired) electrons. The zero-order chi connectivity index (χ0) is 16.4. The van der Waals surface area contributed by atoms with Crippen LogP contribution in [0.4, 0.5) is 11.6 Å². The normalized spacial score (nSPS) is 15.7. The fourth-order valence-corrected chi connectivity index (χ4v) is 2.82. The average Bonchev–Trinajstić information content (AvgIpc) is 2.56. The molecule has 0 unspecified atom stereocenters. The van der Waals surface area contributed by atoms with E-state index in [-0.39, 0.29) is 23.3 Å². The highest BCUT2D eigenvalue weighted by molar-refractivity contribution is 6.34. The van der Waals surface area contributed by atoms with Gasteiger partial charge in [-0.05, 0) is 37.1 Å². The Labute approximate surface area is 139 Å². The van der Waals surface area contributed by atoms with Gasteiger partial charge in [0.2, 0.25) is 5.78 Å². The monoisotopic (exact) mass is 331 g/mol. The van der Waals surface area contributed by atoms with Crippen molar-refractivity contribution in [1.29, 1.82) is 0 Å². The number of nitrogen functional groups attached to an aromatic ring is 1. The van der Waals surface area contributed by atoms with Gasteiger partial charge in [-0.2, -0.15) is 0 Å². The quantitative estimate of drug-likeness (QED) is 0.833. The third kappa shape index (κ3) is 3.28. The minimum Gasteiger partial charge on any atom is -0.383 e. The number of nitrogens with zero attached hydrogens (tertiary/aromatic N) is 3. The Bertz CT molecular complexity index is 728. The van der Waals surface area contributed by atoms with E-state index in [1.807, 2.05) is 6.07 Å². The molecule has 0 aromatic carbocycles. The minimum atomic E-state index is -0.323. The van der Waals surface area contributed by atoms with Crippen molar-refractivity contribution < 1.29 is 4.79 Å². The Hall–Kier alpha value is -2.18. The van der Waals surface area contributed by atoms with Gasteiger partial charge in [0.05, 0.1) is 10.6 Å². The minimum absolute atomic E-state index is 0.171. The van der Waals surface area contributed by atoms with Crippen molar-refractivity contribution >= 4 is 29.0 Å². The number of anilines is 2. The van der Waals surface area contributed by atoms with E-state index in [2.05, 4.69) is 14.9 Å². The van der Waals surface area contributed by atoms with E-state index < -0.39 is 0 Å². The van der Waals surface area contributed by atoms with Crippen molar-refractivity contribution in [3.8, 4) is 0 Å². The highest BCUT2D eigenvalue weighted by Crippen LogP contribution is 2.25. The van der Waals surface area contributed by atoms with Crippen LogP contribution in [0.25, 0.3) is 0 Å². The Kier molecular flexibility index (Phi) is 4.45. The summed E-state index contributed by atoms with van der Waals surface area (Å²) in [6.45, 7) is 1.64. The smallest absolute Gasteiger partial charge is 0.216 e. The Morgan fingerprint density at radius 3 is 2.70 bits per heavy atom. The molecule has 0 saturated carbocycles. The summed E-state index contributed by atoms with van der Waals surface area (Å²) in [7, 11) is 0. The maximum absolute atomic E-state index is 12.7. The van der Waals surface area contributed by atoms with Crippen LogP contribution in [-0.4, -0.2) is 34.9 Å². The van der Waals surface area contributed by atoms with E-state index in [9.17, 15) is 4.79 Å². The number of carbonyl (C=O) groups excluding carboxylic acids is 1. The van der Waals surface area contributed by atoms with Gasteiger partial charge in [0.25, 0.3) is 0 Å². The zero-order valence-corrected chi connectivity index (χ0v) is 13.3. The number of pyridine rings is 2. The molecule has 1 aliphatic heterocycles.